The largest absolute Gasteiger partial charge is 0.485 e. The highest BCUT2D eigenvalue weighted by molar-refractivity contribution is 6.11. The van der Waals surface area contributed by atoms with Crippen LogP contribution in [0.2, 0.25) is 0 Å². The minimum Gasteiger partial charge on any atom is -0.485 e. The first-order chi connectivity index (χ1) is 24.6. The molecular weight excluding hydrogens is 615 g/mol. The van der Waals surface area contributed by atoms with Crippen LogP contribution < -0.4 is 4.74 Å². The van der Waals surface area contributed by atoms with Crippen LogP contribution in [0.3, 0.4) is 0 Å². The maximum absolute atomic E-state index is 10.5. The zero-order chi connectivity index (χ0) is 33.6. The number of hydrogen-bond acceptors (Lipinski definition) is 4. The summed E-state index contributed by atoms with van der Waals surface area (Å²) in [5.41, 5.74) is 10.1. The van der Waals surface area contributed by atoms with Crippen LogP contribution in [0.15, 0.2) is 144 Å². The Morgan fingerprint density at radius 1 is 0.680 bits per heavy atom. The predicted molar refractivity (Wildman–Crippen MR) is 198 cm³/mol. The Bertz CT molecular complexity index is 2850. The average molecular weight is 642 g/mol. The summed E-state index contributed by atoms with van der Waals surface area (Å²) in [5.74, 6) is 0.825. The van der Waals surface area contributed by atoms with Crippen LogP contribution in [-0.2, 0) is 5.41 Å². The number of aromatic nitrogens is 1. The Balaban J connectivity index is 1.21. The number of rotatable bonds is 3. The van der Waals surface area contributed by atoms with Gasteiger partial charge < -0.3 is 13.7 Å². The number of allylic oxidation sites excluding steroid dienone is 2. The molecule has 1 aliphatic heterocycles. The Morgan fingerprint density at radius 3 is 2.14 bits per heavy atom. The lowest BCUT2D eigenvalue weighted by Gasteiger charge is -2.30. The first kappa shape index (κ1) is 28.2. The van der Waals surface area contributed by atoms with E-state index in [9.17, 15) is 10.5 Å². The summed E-state index contributed by atoms with van der Waals surface area (Å²) in [6.07, 6.45) is 6.36. The van der Waals surface area contributed by atoms with E-state index in [1.807, 2.05) is 60.7 Å². The van der Waals surface area contributed by atoms with E-state index in [1.165, 1.54) is 0 Å². The van der Waals surface area contributed by atoms with Gasteiger partial charge in [0.1, 0.15) is 29.1 Å². The Labute approximate surface area is 287 Å². The lowest BCUT2D eigenvalue weighted by Crippen LogP contribution is -2.33. The van der Waals surface area contributed by atoms with Crippen LogP contribution in [0.1, 0.15) is 29.2 Å². The summed E-state index contributed by atoms with van der Waals surface area (Å²) >= 11 is 0. The van der Waals surface area contributed by atoms with Gasteiger partial charge in [0.05, 0.1) is 39.3 Å². The fourth-order valence-electron chi connectivity index (χ4n) is 8.28. The third-order valence-electron chi connectivity index (χ3n) is 10.5. The standard InChI is InChI=1S/C45H27N3O2/c1-45-24-28(32-14-8-10-30(26-47)44(32)48-36-15-6-4-12-33(36)34-13-5-7-16-37(34)48)18-22-41(45)50-40-21-20-39-42(43(40)45)35-23-27(17-19-38(35)49-39)31-11-3-2-9-29(31)25-46/h2-24,41H,1H3. The molecule has 0 saturated carbocycles. The molecule has 2 unspecified atom stereocenters. The van der Waals surface area contributed by atoms with Crippen molar-refractivity contribution in [3.05, 3.63) is 162 Å². The molecule has 1 aliphatic carbocycles. The highest BCUT2D eigenvalue weighted by atomic mass is 16.5. The van der Waals surface area contributed by atoms with Crippen molar-refractivity contribution in [1.29, 1.82) is 10.5 Å². The first-order valence-electron chi connectivity index (χ1n) is 16.7. The summed E-state index contributed by atoms with van der Waals surface area (Å²) < 4.78 is 15.3. The second kappa shape index (κ2) is 10.3. The third-order valence-corrected chi connectivity index (χ3v) is 10.5. The average Bonchev–Trinajstić information content (AvgIpc) is 3.80. The number of hydrogen-bond donors (Lipinski definition) is 0. The summed E-state index contributed by atoms with van der Waals surface area (Å²) in [6.45, 7) is 2.23. The van der Waals surface area contributed by atoms with Crippen molar-refractivity contribution < 1.29 is 9.15 Å². The van der Waals surface area contributed by atoms with Crippen molar-refractivity contribution in [3.8, 4) is 34.7 Å². The molecule has 0 amide bonds. The van der Waals surface area contributed by atoms with Crippen LogP contribution in [0.4, 0.5) is 0 Å². The molecule has 10 rings (SSSR count). The minimum absolute atomic E-state index is 0.227. The summed E-state index contributed by atoms with van der Waals surface area (Å²) in [6, 6.07) is 45.4. The third kappa shape index (κ3) is 3.81. The van der Waals surface area contributed by atoms with Gasteiger partial charge in [-0.1, -0.05) is 84.9 Å². The van der Waals surface area contributed by atoms with Gasteiger partial charge in [0.2, 0.25) is 0 Å². The predicted octanol–water partition coefficient (Wildman–Crippen LogP) is 10.8. The molecule has 5 nitrogen and oxygen atoms in total. The Kier molecular flexibility index (Phi) is 5.83. The van der Waals surface area contributed by atoms with Crippen LogP contribution in [0, 0.1) is 22.7 Å². The van der Waals surface area contributed by atoms with E-state index in [1.54, 1.807) is 0 Å². The van der Waals surface area contributed by atoms with E-state index >= 15 is 0 Å². The van der Waals surface area contributed by atoms with Gasteiger partial charge in [-0.25, -0.2) is 0 Å². The van der Waals surface area contributed by atoms with Gasteiger partial charge in [-0.15, -0.1) is 0 Å². The van der Waals surface area contributed by atoms with Crippen LogP contribution in [-0.4, -0.2) is 10.7 Å². The first-order valence-corrected chi connectivity index (χ1v) is 16.7. The zero-order valence-corrected chi connectivity index (χ0v) is 27.0. The second-order valence-electron chi connectivity index (χ2n) is 13.2. The molecule has 3 heterocycles. The molecule has 0 fully saturated rings. The molecule has 0 saturated heterocycles. The molecule has 50 heavy (non-hydrogen) atoms. The monoisotopic (exact) mass is 641 g/mol. The number of para-hydroxylation sites is 3. The zero-order valence-electron chi connectivity index (χ0n) is 27.0. The Hall–Kier alpha value is -6.82. The molecule has 2 atom stereocenters. The molecular formula is C45H27N3O2. The lowest BCUT2D eigenvalue weighted by molar-refractivity contribution is 0.229. The van der Waals surface area contributed by atoms with Gasteiger partial charge in [-0.05, 0) is 78.2 Å². The molecule has 234 valence electrons. The molecule has 8 aromatic rings. The number of benzene rings is 6. The van der Waals surface area contributed by atoms with Crippen LogP contribution in [0.25, 0.3) is 66.1 Å². The van der Waals surface area contributed by atoms with Gasteiger partial charge >= 0.3 is 0 Å². The van der Waals surface area contributed by atoms with Crippen molar-refractivity contribution in [3.63, 3.8) is 0 Å². The summed E-state index contributed by atoms with van der Waals surface area (Å²) in [7, 11) is 0. The highest BCUT2D eigenvalue weighted by Gasteiger charge is 2.46. The van der Waals surface area contributed by atoms with Gasteiger partial charge in [-0.2, -0.15) is 10.5 Å². The van der Waals surface area contributed by atoms with E-state index in [2.05, 4.69) is 103 Å². The van der Waals surface area contributed by atoms with Crippen molar-refractivity contribution in [2.24, 2.45) is 0 Å². The SMILES string of the molecule is CC12C=C(c3cccc(C#N)c3-n3c4ccccc4c4ccccc43)C=CC1Oc1ccc3oc4ccc(-c5ccccc5C#N)cc4c3c12. The van der Waals surface area contributed by atoms with E-state index < -0.39 is 5.41 Å². The van der Waals surface area contributed by atoms with Gasteiger partial charge in [0.25, 0.3) is 0 Å². The fourth-order valence-corrected chi connectivity index (χ4v) is 8.28. The highest BCUT2D eigenvalue weighted by Crippen LogP contribution is 2.53. The number of ether oxygens (including phenoxy) is 1. The van der Waals surface area contributed by atoms with E-state index in [4.69, 9.17) is 9.15 Å². The van der Waals surface area contributed by atoms with Crippen LogP contribution >= 0.6 is 0 Å². The molecule has 0 N–H and O–H groups in total. The maximum atomic E-state index is 10.5. The normalized spacial score (nSPS) is 17.7. The van der Waals surface area contributed by atoms with Crippen molar-refractivity contribution in [2.45, 2.75) is 18.4 Å². The number of nitrogens with zero attached hydrogens (tertiary/aromatic N) is 3. The second-order valence-corrected chi connectivity index (χ2v) is 13.2. The van der Waals surface area contributed by atoms with Crippen molar-refractivity contribution in [1.82, 2.24) is 4.57 Å². The molecule has 6 aromatic carbocycles. The molecule has 2 aliphatic rings. The van der Waals surface area contributed by atoms with Crippen molar-refractivity contribution in [2.75, 3.05) is 0 Å². The van der Waals surface area contributed by atoms with Crippen molar-refractivity contribution >= 4 is 49.3 Å². The molecule has 5 heteroatoms. The summed E-state index contributed by atoms with van der Waals surface area (Å²) in [5, 5.41) is 24.6. The maximum Gasteiger partial charge on any atom is 0.136 e. The van der Waals surface area contributed by atoms with Gasteiger partial charge in [0, 0.05) is 32.7 Å². The van der Waals surface area contributed by atoms with Gasteiger partial charge in [-0.3, -0.25) is 0 Å². The smallest absolute Gasteiger partial charge is 0.136 e. The number of furan rings is 1. The van der Waals surface area contributed by atoms with E-state index in [0.29, 0.717) is 11.1 Å². The molecule has 0 spiro atoms. The fraction of sp³-hybridized carbons (Fsp3) is 0.0667. The van der Waals surface area contributed by atoms with E-state index in [0.717, 1.165) is 83.0 Å². The van der Waals surface area contributed by atoms with Gasteiger partial charge in [0.15, 0.2) is 0 Å². The topological polar surface area (TPSA) is 74.9 Å². The molecule has 0 bridgehead atoms. The van der Waals surface area contributed by atoms with Crippen LogP contribution in [0.5, 0.6) is 5.75 Å². The minimum atomic E-state index is -0.545. The summed E-state index contributed by atoms with van der Waals surface area (Å²) in [4.78, 5) is 0. The Morgan fingerprint density at radius 2 is 1.36 bits per heavy atom. The van der Waals surface area contributed by atoms with E-state index in [-0.39, 0.29) is 6.10 Å². The lowest BCUT2D eigenvalue weighted by atomic mass is 9.72. The molecule has 0 radical (unpaired) electrons. The quantitative estimate of drug-likeness (QED) is 0.192. The number of nitriles is 2. The molecule has 2 aromatic heterocycles. The number of fused-ring (bicyclic) bond motifs is 10.